The van der Waals surface area contributed by atoms with Crippen LogP contribution in [0.15, 0.2) is 53.6 Å². The van der Waals surface area contributed by atoms with Gasteiger partial charge in [0, 0.05) is 0 Å². The van der Waals surface area contributed by atoms with Gasteiger partial charge in [-0.2, -0.15) is 5.10 Å². The molecule has 0 unspecified atom stereocenters. The van der Waals surface area contributed by atoms with Crippen molar-refractivity contribution >= 4 is 18.2 Å². The number of ether oxygens (including phenoxy) is 1. The van der Waals surface area contributed by atoms with Crippen LogP contribution in [-0.2, 0) is 4.74 Å². The molecule has 0 bridgehead atoms. The molecule has 6 nitrogen and oxygen atoms in total. The summed E-state index contributed by atoms with van der Waals surface area (Å²) in [5.74, 6) is -0.384. The molecule has 0 aliphatic carbocycles. The van der Waals surface area contributed by atoms with E-state index < -0.39 is 6.03 Å². The first-order valence-electron chi connectivity index (χ1n) is 6.47. The quantitative estimate of drug-likeness (QED) is 0.514. The molecule has 3 N–H and O–H groups in total. The Balaban J connectivity index is 2.28. The molecule has 0 atom stereocenters. The molecule has 0 saturated heterocycles. The van der Waals surface area contributed by atoms with Crippen LogP contribution in [0, 0.1) is 0 Å². The molecular formula is C16H15N3O3. The van der Waals surface area contributed by atoms with Gasteiger partial charge < -0.3 is 10.5 Å². The smallest absolute Gasteiger partial charge is 0.337 e. The number of carbonyl (C=O) groups is 2. The molecule has 0 saturated carbocycles. The lowest BCUT2D eigenvalue weighted by atomic mass is 10.0. The molecule has 6 heteroatoms. The highest BCUT2D eigenvalue weighted by Crippen LogP contribution is 2.21. The zero-order valence-electron chi connectivity index (χ0n) is 11.9. The Morgan fingerprint density at radius 3 is 2.50 bits per heavy atom. The number of esters is 1. The van der Waals surface area contributed by atoms with E-state index in [9.17, 15) is 9.59 Å². The molecule has 0 aliphatic rings. The van der Waals surface area contributed by atoms with E-state index in [0.29, 0.717) is 5.56 Å². The van der Waals surface area contributed by atoms with Gasteiger partial charge in [0.15, 0.2) is 0 Å². The van der Waals surface area contributed by atoms with E-state index in [1.807, 2.05) is 30.3 Å². The minimum absolute atomic E-state index is 0.384. The average Bonchev–Trinajstić information content (AvgIpc) is 2.54. The molecule has 2 rings (SSSR count). The minimum atomic E-state index is -0.724. The van der Waals surface area contributed by atoms with E-state index in [1.165, 1.54) is 13.3 Å². The summed E-state index contributed by atoms with van der Waals surface area (Å²) in [4.78, 5) is 22.1. The summed E-state index contributed by atoms with van der Waals surface area (Å²) < 4.78 is 4.71. The summed E-state index contributed by atoms with van der Waals surface area (Å²) in [7, 11) is 1.35. The third kappa shape index (κ3) is 3.92. The summed E-state index contributed by atoms with van der Waals surface area (Å²) in [6.07, 6.45) is 1.48. The summed E-state index contributed by atoms with van der Waals surface area (Å²) in [5, 5.41) is 3.71. The van der Waals surface area contributed by atoms with Gasteiger partial charge in [-0.25, -0.2) is 15.0 Å². The fourth-order valence-electron chi connectivity index (χ4n) is 1.91. The topological polar surface area (TPSA) is 93.8 Å². The number of nitrogens with zero attached hydrogens (tertiary/aromatic N) is 1. The number of nitrogens with two attached hydrogens (primary N) is 1. The van der Waals surface area contributed by atoms with Gasteiger partial charge in [-0.1, -0.05) is 30.3 Å². The third-order valence-electron chi connectivity index (χ3n) is 2.89. The maximum absolute atomic E-state index is 11.6. The first-order chi connectivity index (χ1) is 10.6. The van der Waals surface area contributed by atoms with Gasteiger partial charge in [0.25, 0.3) is 0 Å². The van der Waals surface area contributed by atoms with Crippen molar-refractivity contribution in [2.75, 3.05) is 7.11 Å². The maximum atomic E-state index is 11.6. The van der Waals surface area contributed by atoms with Crippen LogP contribution < -0.4 is 11.2 Å². The monoisotopic (exact) mass is 297 g/mol. The molecule has 2 aromatic carbocycles. The molecule has 0 radical (unpaired) electrons. The lowest BCUT2D eigenvalue weighted by Crippen LogP contribution is -2.24. The SMILES string of the molecule is COC(=O)c1cccc(-c2cccc(C=NNC(N)=O)c2)c1. The van der Waals surface area contributed by atoms with Gasteiger partial charge >= 0.3 is 12.0 Å². The Morgan fingerprint density at radius 1 is 1.14 bits per heavy atom. The van der Waals surface area contributed by atoms with Crippen molar-refractivity contribution in [1.82, 2.24) is 5.43 Å². The molecule has 0 fully saturated rings. The Hall–Kier alpha value is -3.15. The van der Waals surface area contributed by atoms with Crippen LogP contribution in [0.25, 0.3) is 11.1 Å². The standard InChI is InChI=1S/C16H15N3O3/c1-22-15(20)14-7-3-6-13(9-14)12-5-2-4-11(8-12)10-18-19-16(17)21/h2-10H,1H3,(H3,17,19,21). The highest BCUT2D eigenvalue weighted by Gasteiger charge is 2.06. The van der Waals surface area contributed by atoms with Crippen molar-refractivity contribution in [1.29, 1.82) is 0 Å². The van der Waals surface area contributed by atoms with Crippen LogP contribution in [0.5, 0.6) is 0 Å². The fraction of sp³-hybridized carbons (Fsp3) is 0.0625. The second kappa shape index (κ2) is 7.03. The van der Waals surface area contributed by atoms with Gasteiger partial charge in [-0.3, -0.25) is 0 Å². The average molecular weight is 297 g/mol. The molecule has 112 valence electrons. The largest absolute Gasteiger partial charge is 0.465 e. The van der Waals surface area contributed by atoms with E-state index >= 15 is 0 Å². The molecule has 0 aliphatic heterocycles. The number of rotatable bonds is 4. The highest BCUT2D eigenvalue weighted by molar-refractivity contribution is 5.91. The maximum Gasteiger partial charge on any atom is 0.337 e. The molecule has 0 aromatic heterocycles. The Labute approximate surface area is 127 Å². The number of benzene rings is 2. The normalized spacial score (nSPS) is 10.4. The van der Waals surface area contributed by atoms with Crippen molar-refractivity contribution in [2.24, 2.45) is 10.8 Å². The number of hydrazone groups is 1. The number of hydrogen-bond donors (Lipinski definition) is 2. The van der Waals surface area contributed by atoms with Crippen molar-refractivity contribution < 1.29 is 14.3 Å². The number of methoxy groups -OCH3 is 1. The zero-order valence-corrected chi connectivity index (χ0v) is 11.9. The molecule has 0 spiro atoms. The van der Waals surface area contributed by atoms with E-state index in [4.69, 9.17) is 10.5 Å². The second-order valence-electron chi connectivity index (χ2n) is 4.43. The summed E-state index contributed by atoms with van der Waals surface area (Å²) in [6.45, 7) is 0. The first kappa shape index (κ1) is 15.2. The predicted molar refractivity (Wildman–Crippen MR) is 83.5 cm³/mol. The zero-order chi connectivity index (χ0) is 15.9. The van der Waals surface area contributed by atoms with Crippen LogP contribution in [0.1, 0.15) is 15.9 Å². The van der Waals surface area contributed by atoms with E-state index in [2.05, 4.69) is 10.5 Å². The number of amides is 2. The number of urea groups is 1. The Morgan fingerprint density at radius 2 is 1.82 bits per heavy atom. The first-order valence-corrected chi connectivity index (χ1v) is 6.47. The Kier molecular flexibility index (Phi) is 4.87. The van der Waals surface area contributed by atoms with Crippen molar-refractivity contribution in [3.05, 3.63) is 59.7 Å². The molecular weight excluding hydrogens is 282 g/mol. The number of nitrogens with one attached hydrogen (secondary N) is 1. The summed E-state index contributed by atoms with van der Waals surface area (Å²) in [6, 6.07) is 13.9. The number of hydrogen-bond acceptors (Lipinski definition) is 4. The minimum Gasteiger partial charge on any atom is -0.465 e. The van der Waals surface area contributed by atoms with Gasteiger partial charge in [-0.15, -0.1) is 0 Å². The summed E-state index contributed by atoms with van der Waals surface area (Å²) >= 11 is 0. The summed E-state index contributed by atoms with van der Waals surface area (Å²) in [5.41, 5.74) is 10.1. The van der Waals surface area contributed by atoms with Crippen LogP contribution in [0.3, 0.4) is 0 Å². The van der Waals surface area contributed by atoms with Gasteiger partial charge in [0.2, 0.25) is 0 Å². The fourth-order valence-corrected chi connectivity index (χ4v) is 1.91. The lowest BCUT2D eigenvalue weighted by Gasteiger charge is -2.05. The van der Waals surface area contributed by atoms with E-state index in [0.717, 1.165) is 16.7 Å². The molecule has 22 heavy (non-hydrogen) atoms. The van der Waals surface area contributed by atoms with Gasteiger partial charge in [-0.05, 0) is 34.9 Å². The van der Waals surface area contributed by atoms with Crippen LogP contribution >= 0.6 is 0 Å². The Bertz CT molecular complexity index is 726. The molecule has 0 heterocycles. The second-order valence-corrected chi connectivity index (χ2v) is 4.43. The number of primary amides is 1. The van der Waals surface area contributed by atoms with Crippen molar-refractivity contribution in [3.63, 3.8) is 0 Å². The number of carbonyl (C=O) groups excluding carboxylic acids is 2. The van der Waals surface area contributed by atoms with Gasteiger partial charge in [0.1, 0.15) is 0 Å². The van der Waals surface area contributed by atoms with E-state index in [-0.39, 0.29) is 5.97 Å². The van der Waals surface area contributed by atoms with E-state index in [1.54, 1.807) is 18.2 Å². The van der Waals surface area contributed by atoms with Crippen molar-refractivity contribution in [2.45, 2.75) is 0 Å². The lowest BCUT2D eigenvalue weighted by molar-refractivity contribution is 0.0601. The van der Waals surface area contributed by atoms with Gasteiger partial charge in [0.05, 0.1) is 18.9 Å². The highest BCUT2D eigenvalue weighted by atomic mass is 16.5. The molecule has 2 aromatic rings. The van der Waals surface area contributed by atoms with Crippen LogP contribution in [-0.4, -0.2) is 25.3 Å². The molecule has 2 amide bonds. The van der Waals surface area contributed by atoms with Crippen LogP contribution in [0.2, 0.25) is 0 Å². The predicted octanol–water partition coefficient (Wildman–Crippen LogP) is 2.14. The van der Waals surface area contributed by atoms with Crippen molar-refractivity contribution in [3.8, 4) is 11.1 Å². The van der Waals surface area contributed by atoms with Crippen LogP contribution in [0.4, 0.5) is 4.79 Å². The third-order valence-corrected chi connectivity index (χ3v) is 2.89.